The van der Waals surface area contributed by atoms with Crippen LogP contribution in [0.15, 0.2) is 4.79 Å². The molecular weight excluding hydrogens is 404 g/mol. The van der Waals surface area contributed by atoms with Crippen LogP contribution in [-0.2, 0) is 14.3 Å². The lowest BCUT2D eigenvalue weighted by Gasteiger charge is -2.18. The molecule has 29 heavy (non-hydrogen) atoms. The Kier molecular flexibility index (Phi) is 6.05. The molecule has 160 valence electrons. The van der Waals surface area contributed by atoms with E-state index in [0.29, 0.717) is 10.5 Å². The van der Waals surface area contributed by atoms with E-state index in [9.17, 15) is 19.8 Å². The molecule has 5 atom stereocenters. The number of esters is 1. The van der Waals surface area contributed by atoms with E-state index in [-0.39, 0.29) is 24.1 Å². The number of aromatic nitrogens is 3. The number of hydrogen-bond acceptors (Lipinski definition) is 12. The highest BCUT2D eigenvalue weighted by atomic mass is 32.1. The summed E-state index contributed by atoms with van der Waals surface area (Å²) in [6.07, 6.45) is -5.15. The van der Waals surface area contributed by atoms with Gasteiger partial charge in [-0.1, -0.05) is 25.2 Å². The second kappa shape index (κ2) is 8.20. The number of carbonyl (C=O) groups is 1. The number of aliphatic hydroxyl groups excluding tert-OH is 2. The molecule has 13 heteroatoms. The van der Waals surface area contributed by atoms with E-state index in [4.69, 9.17) is 20.9 Å². The summed E-state index contributed by atoms with van der Waals surface area (Å²) < 4.78 is 12.3. The summed E-state index contributed by atoms with van der Waals surface area (Å²) in [7, 11) is 1.62. The minimum absolute atomic E-state index is 0.0745. The molecule has 0 saturated carbocycles. The van der Waals surface area contributed by atoms with Gasteiger partial charge in [-0.05, 0) is 5.92 Å². The van der Waals surface area contributed by atoms with Gasteiger partial charge < -0.3 is 36.5 Å². The van der Waals surface area contributed by atoms with Gasteiger partial charge in [-0.3, -0.25) is 14.2 Å². The first-order valence-corrected chi connectivity index (χ1v) is 9.77. The fourth-order valence-corrected chi connectivity index (χ4v) is 3.89. The Morgan fingerprint density at radius 2 is 2.07 bits per heavy atom. The molecule has 0 amide bonds. The maximum Gasteiger partial charge on any atom is 0.323 e. The van der Waals surface area contributed by atoms with Crippen LogP contribution in [0, 0.1) is 5.92 Å². The van der Waals surface area contributed by atoms with E-state index in [1.807, 2.05) is 0 Å². The van der Waals surface area contributed by atoms with Crippen molar-refractivity contribution in [3.05, 3.63) is 9.67 Å². The number of ether oxygens (including phenoxy) is 2. The molecule has 0 bridgehead atoms. The minimum Gasteiger partial charge on any atom is -0.462 e. The summed E-state index contributed by atoms with van der Waals surface area (Å²) in [6, 6.07) is -0.822. The van der Waals surface area contributed by atoms with Crippen molar-refractivity contribution < 1.29 is 24.5 Å². The molecule has 0 aromatic carbocycles. The smallest absolute Gasteiger partial charge is 0.323 e. The molecule has 1 saturated heterocycles. The van der Waals surface area contributed by atoms with Gasteiger partial charge in [0.25, 0.3) is 0 Å². The second-order valence-corrected chi connectivity index (χ2v) is 7.98. The normalized spacial score (nSPS) is 25.5. The molecule has 12 nitrogen and oxygen atoms in total. The van der Waals surface area contributed by atoms with Crippen molar-refractivity contribution >= 4 is 39.4 Å². The molecule has 0 aliphatic carbocycles. The number of carbonyl (C=O) groups excluding carboxylic acids is 1. The largest absolute Gasteiger partial charge is 0.462 e. The van der Waals surface area contributed by atoms with E-state index >= 15 is 0 Å². The monoisotopic (exact) mass is 428 g/mol. The van der Waals surface area contributed by atoms with Gasteiger partial charge in [0.2, 0.25) is 5.95 Å². The number of hydrogen-bond donors (Lipinski definition) is 5. The van der Waals surface area contributed by atoms with Gasteiger partial charge in [-0.25, -0.2) is 0 Å². The fraction of sp³-hybridized carbons (Fsp3) is 0.625. The van der Waals surface area contributed by atoms with Crippen molar-refractivity contribution in [2.45, 2.75) is 44.4 Å². The number of nitrogens with two attached hydrogens (primary N) is 2. The van der Waals surface area contributed by atoms with Gasteiger partial charge in [-0.15, -0.1) is 0 Å². The summed E-state index contributed by atoms with van der Waals surface area (Å²) in [5, 5.41) is 23.6. The van der Waals surface area contributed by atoms with Gasteiger partial charge in [-0.2, -0.15) is 9.97 Å². The highest BCUT2D eigenvalue weighted by Crippen LogP contribution is 2.33. The zero-order valence-corrected chi connectivity index (χ0v) is 16.9. The van der Waals surface area contributed by atoms with Gasteiger partial charge in [0.15, 0.2) is 17.7 Å². The zero-order chi connectivity index (χ0) is 21.5. The molecule has 3 heterocycles. The standard InChI is InChI=1S/C16H24N6O6S/c1-5(2)7(17)14(25)27-4-6-8(23)9(24)13(28-6)22-12-10(29-16(22)26)11(19-3)20-15(18)21-12/h5-9,13,23-24H,4,17H2,1-3H3,(H3,18,19,20,21)/t6-,7+,8-,9-,13-/m1/s1. The van der Waals surface area contributed by atoms with E-state index in [0.717, 1.165) is 15.9 Å². The maximum absolute atomic E-state index is 12.6. The summed E-state index contributed by atoms with van der Waals surface area (Å²) >= 11 is 0.845. The number of nitrogens with one attached hydrogen (secondary N) is 1. The average molecular weight is 428 g/mol. The molecule has 2 aromatic heterocycles. The lowest BCUT2D eigenvalue weighted by atomic mass is 10.1. The molecule has 0 spiro atoms. The summed E-state index contributed by atoms with van der Waals surface area (Å²) in [4.78, 5) is 32.1. The summed E-state index contributed by atoms with van der Waals surface area (Å²) in [5.74, 6) is -0.493. The third kappa shape index (κ3) is 3.91. The predicted molar refractivity (Wildman–Crippen MR) is 105 cm³/mol. The van der Waals surface area contributed by atoms with Crippen LogP contribution in [0.1, 0.15) is 20.1 Å². The third-order valence-corrected chi connectivity index (χ3v) is 5.64. The molecule has 1 fully saturated rings. The summed E-state index contributed by atoms with van der Waals surface area (Å²) in [6.45, 7) is 3.21. The predicted octanol–water partition coefficient (Wildman–Crippen LogP) is -1.38. The topological polar surface area (TPSA) is 188 Å². The highest BCUT2D eigenvalue weighted by Gasteiger charge is 2.46. The SMILES string of the molecule is CNc1nc(N)nc2c1sc(=O)n2[C@@H]1O[C@H](COC(=O)[C@@H](N)C(C)C)[C@@H](O)[C@H]1O. The molecule has 0 unspecified atom stereocenters. The van der Waals surface area contributed by atoms with Crippen molar-refractivity contribution in [2.24, 2.45) is 11.7 Å². The van der Waals surface area contributed by atoms with Crippen LogP contribution in [0.3, 0.4) is 0 Å². The number of aliphatic hydroxyl groups is 2. The van der Waals surface area contributed by atoms with Crippen molar-refractivity contribution in [1.82, 2.24) is 14.5 Å². The molecule has 7 N–H and O–H groups in total. The quantitative estimate of drug-likeness (QED) is 0.341. The number of rotatable bonds is 6. The lowest BCUT2D eigenvalue weighted by Crippen LogP contribution is -2.40. The first-order chi connectivity index (χ1) is 13.6. The maximum atomic E-state index is 12.6. The van der Waals surface area contributed by atoms with Gasteiger partial charge >= 0.3 is 10.8 Å². The Hall–Kier alpha value is -2.32. The molecule has 1 aliphatic heterocycles. The van der Waals surface area contributed by atoms with Crippen molar-refractivity contribution in [1.29, 1.82) is 0 Å². The summed E-state index contributed by atoms with van der Waals surface area (Å²) in [5.41, 5.74) is 11.6. The fourth-order valence-electron chi connectivity index (χ4n) is 2.94. The number of fused-ring (bicyclic) bond motifs is 1. The molecular formula is C16H24N6O6S. The first-order valence-electron chi connectivity index (χ1n) is 8.95. The second-order valence-electron chi connectivity index (χ2n) is 7.02. The van der Waals surface area contributed by atoms with Crippen molar-refractivity contribution in [3.63, 3.8) is 0 Å². The van der Waals surface area contributed by atoms with Gasteiger partial charge in [0, 0.05) is 7.05 Å². The van der Waals surface area contributed by atoms with Crippen LogP contribution in [0.25, 0.3) is 10.3 Å². The van der Waals surface area contributed by atoms with Gasteiger partial charge in [0.1, 0.15) is 35.7 Å². The van der Waals surface area contributed by atoms with Crippen LogP contribution in [0.2, 0.25) is 0 Å². The number of nitrogen functional groups attached to an aromatic ring is 1. The van der Waals surface area contributed by atoms with Crippen LogP contribution in [-0.4, -0.2) is 68.7 Å². The zero-order valence-electron chi connectivity index (χ0n) is 16.1. The molecule has 1 aliphatic rings. The van der Waals surface area contributed by atoms with Crippen LogP contribution >= 0.6 is 11.3 Å². The number of anilines is 2. The van der Waals surface area contributed by atoms with Crippen LogP contribution in [0.4, 0.5) is 11.8 Å². The van der Waals surface area contributed by atoms with E-state index in [1.165, 1.54) is 0 Å². The van der Waals surface area contributed by atoms with E-state index in [2.05, 4.69) is 15.3 Å². The van der Waals surface area contributed by atoms with Crippen LogP contribution < -0.4 is 21.7 Å². The van der Waals surface area contributed by atoms with Crippen molar-refractivity contribution in [2.75, 3.05) is 24.7 Å². The lowest BCUT2D eigenvalue weighted by molar-refractivity contribution is -0.152. The number of nitrogens with zero attached hydrogens (tertiary/aromatic N) is 3. The van der Waals surface area contributed by atoms with Crippen molar-refractivity contribution in [3.8, 4) is 0 Å². The van der Waals surface area contributed by atoms with Crippen LogP contribution in [0.5, 0.6) is 0 Å². The van der Waals surface area contributed by atoms with E-state index < -0.39 is 41.4 Å². The molecule has 3 rings (SSSR count). The number of thiazole rings is 1. The highest BCUT2D eigenvalue weighted by molar-refractivity contribution is 7.17. The van der Waals surface area contributed by atoms with Gasteiger partial charge in [0.05, 0.1) is 0 Å². The Morgan fingerprint density at radius 3 is 2.69 bits per heavy atom. The minimum atomic E-state index is -1.46. The molecule has 2 aromatic rings. The van der Waals surface area contributed by atoms with E-state index in [1.54, 1.807) is 20.9 Å². The average Bonchev–Trinajstić information content (AvgIpc) is 3.14. The Morgan fingerprint density at radius 1 is 1.38 bits per heavy atom. The molecule has 0 radical (unpaired) electrons. The Bertz CT molecular complexity index is 961. The Labute approximate surface area is 169 Å². The first kappa shape index (κ1) is 21.4. The third-order valence-electron chi connectivity index (χ3n) is 4.69. The Balaban J connectivity index is 1.86.